The molecule has 2 N–H and O–H groups in total. The number of benzene rings is 2. The third-order valence-electron chi connectivity index (χ3n) is 3.55. The molecule has 0 saturated heterocycles. The van der Waals surface area contributed by atoms with E-state index in [4.69, 9.17) is 0 Å². The summed E-state index contributed by atoms with van der Waals surface area (Å²) in [6, 6.07) is 8.53. The molecule has 0 aromatic heterocycles. The van der Waals surface area contributed by atoms with Gasteiger partial charge in [0.1, 0.15) is 11.6 Å². The zero-order chi connectivity index (χ0) is 16.8. The van der Waals surface area contributed by atoms with Gasteiger partial charge in [0.25, 0.3) is 5.91 Å². The van der Waals surface area contributed by atoms with Gasteiger partial charge >= 0.3 is 0 Å². The largest absolute Gasteiger partial charge is 0.351 e. The SMILES string of the molecule is CCNCCNC(=O)c1ccc(-c2ccc(F)cc2C)c(F)c1. The Balaban J connectivity index is 2.16. The minimum absolute atomic E-state index is 0.266. The lowest BCUT2D eigenvalue weighted by Crippen LogP contribution is -2.31. The van der Waals surface area contributed by atoms with Crippen molar-refractivity contribution in [1.82, 2.24) is 10.6 Å². The molecule has 122 valence electrons. The van der Waals surface area contributed by atoms with E-state index in [-0.39, 0.29) is 17.3 Å². The van der Waals surface area contributed by atoms with Crippen molar-refractivity contribution in [3.8, 4) is 11.1 Å². The summed E-state index contributed by atoms with van der Waals surface area (Å²) in [7, 11) is 0. The Morgan fingerprint density at radius 1 is 1.04 bits per heavy atom. The van der Waals surface area contributed by atoms with Gasteiger partial charge in [-0.1, -0.05) is 19.1 Å². The third kappa shape index (κ3) is 4.36. The van der Waals surface area contributed by atoms with Gasteiger partial charge in [0, 0.05) is 24.2 Å². The number of carbonyl (C=O) groups excluding carboxylic acids is 1. The number of rotatable bonds is 6. The smallest absolute Gasteiger partial charge is 0.251 e. The van der Waals surface area contributed by atoms with E-state index in [2.05, 4.69) is 10.6 Å². The lowest BCUT2D eigenvalue weighted by molar-refractivity contribution is 0.0953. The molecule has 0 radical (unpaired) electrons. The molecule has 0 aliphatic carbocycles. The minimum Gasteiger partial charge on any atom is -0.351 e. The van der Waals surface area contributed by atoms with Crippen LogP contribution in [0.3, 0.4) is 0 Å². The van der Waals surface area contributed by atoms with Crippen molar-refractivity contribution >= 4 is 5.91 Å². The number of nitrogens with one attached hydrogen (secondary N) is 2. The summed E-state index contributed by atoms with van der Waals surface area (Å²) < 4.78 is 27.5. The Hall–Kier alpha value is -2.27. The van der Waals surface area contributed by atoms with Crippen LogP contribution in [-0.4, -0.2) is 25.5 Å². The quantitative estimate of drug-likeness (QED) is 0.803. The topological polar surface area (TPSA) is 41.1 Å². The molecule has 0 fully saturated rings. The Labute approximate surface area is 134 Å². The molecular formula is C18H20F2N2O. The van der Waals surface area contributed by atoms with E-state index in [0.29, 0.717) is 29.8 Å². The average Bonchev–Trinajstić information content (AvgIpc) is 2.52. The highest BCUT2D eigenvalue weighted by molar-refractivity contribution is 5.94. The Bertz CT molecular complexity index is 701. The molecule has 2 rings (SSSR count). The van der Waals surface area contributed by atoms with Crippen molar-refractivity contribution in [2.45, 2.75) is 13.8 Å². The third-order valence-corrected chi connectivity index (χ3v) is 3.55. The molecule has 5 heteroatoms. The molecule has 23 heavy (non-hydrogen) atoms. The molecule has 0 spiro atoms. The van der Waals surface area contributed by atoms with Crippen LogP contribution in [0, 0.1) is 18.6 Å². The van der Waals surface area contributed by atoms with Gasteiger partial charge in [-0.05, 0) is 48.9 Å². The summed E-state index contributed by atoms with van der Waals surface area (Å²) in [6.45, 7) is 5.67. The molecular weight excluding hydrogens is 298 g/mol. The van der Waals surface area contributed by atoms with Crippen LogP contribution in [0.25, 0.3) is 11.1 Å². The molecule has 0 heterocycles. The van der Waals surface area contributed by atoms with Crippen LogP contribution < -0.4 is 10.6 Å². The normalized spacial score (nSPS) is 10.6. The molecule has 0 aliphatic heterocycles. The summed E-state index contributed by atoms with van der Waals surface area (Å²) in [5.74, 6) is -1.17. The summed E-state index contributed by atoms with van der Waals surface area (Å²) in [5.41, 5.74) is 1.88. The molecule has 1 amide bonds. The second kappa shape index (κ2) is 7.83. The average molecular weight is 318 g/mol. The second-order valence-electron chi connectivity index (χ2n) is 5.26. The van der Waals surface area contributed by atoms with E-state index in [1.54, 1.807) is 25.1 Å². The summed E-state index contributed by atoms with van der Waals surface area (Å²) >= 11 is 0. The fourth-order valence-corrected chi connectivity index (χ4v) is 2.35. The first-order valence-corrected chi connectivity index (χ1v) is 7.58. The molecule has 3 nitrogen and oxygen atoms in total. The predicted octanol–water partition coefficient (Wildman–Crippen LogP) is 3.28. The van der Waals surface area contributed by atoms with Crippen molar-refractivity contribution < 1.29 is 13.6 Å². The van der Waals surface area contributed by atoms with E-state index < -0.39 is 5.82 Å². The van der Waals surface area contributed by atoms with Gasteiger partial charge in [-0.15, -0.1) is 0 Å². The lowest BCUT2D eigenvalue weighted by Gasteiger charge is -2.10. The molecule has 2 aromatic carbocycles. The van der Waals surface area contributed by atoms with Crippen LogP contribution in [-0.2, 0) is 0 Å². The number of likely N-dealkylation sites (N-methyl/N-ethyl adjacent to an activating group) is 1. The van der Waals surface area contributed by atoms with Gasteiger partial charge < -0.3 is 10.6 Å². The fourth-order valence-electron chi connectivity index (χ4n) is 2.35. The highest BCUT2D eigenvalue weighted by Gasteiger charge is 2.12. The maximum Gasteiger partial charge on any atom is 0.251 e. The van der Waals surface area contributed by atoms with Crippen LogP contribution in [0.2, 0.25) is 0 Å². The van der Waals surface area contributed by atoms with Gasteiger partial charge in [0.15, 0.2) is 0 Å². The van der Waals surface area contributed by atoms with Crippen molar-refractivity contribution in [3.05, 3.63) is 59.2 Å². The zero-order valence-electron chi connectivity index (χ0n) is 13.2. The van der Waals surface area contributed by atoms with Crippen LogP contribution in [0.15, 0.2) is 36.4 Å². The van der Waals surface area contributed by atoms with Gasteiger partial charge in [-0.3, -0.25) is 4.79 Å². The Morgan fingerprint density at radius 3 is 2.43 bits per heavy atom. The standard InChI is InChI=1S/C18H20F2N2O/c1-3-21-8-9-22-18(23)13-4-6-16(17(20)11-13)15-7-5-14(19)10-12(15)2/h4-7,10-11,21H,3,8-9H2,1-2H3,(H,22,23). The summed E-state index contributed by atoms with van der Waals surface area (Å²) in [5, 5.41) is 5.81. The molecule has 0 bridgehead atoms. The first-order valence-electron chi connectivity index (χ1n) is 7.58. The van der Waals surface area contributed by atoms with Gasteiger partial charge in [0.2, 0.25) is 0 Å². The van der Waals surface area contributed by atoms with E-state index in [1.807, 2.05) is 6.92 Å². The van der Waals surface area contributed by atoms with Gasteiger partial charge in [-0.2, -0.15) is 0 Å². The van der Waals surface area contributed by atoms with Crippen molar-refractivity contribution in [1.29, 1.82) is 0 Å². The van der Waals surface area contributed by atoms with Crippen LogP contribution >= 0.6 is 0 Å². The number of aryl methyl sites for hydroxylation is 1. The number of halogens is 2. The summed E-state index contributed by atoms with van der Waals surface area (Å²) in [6.07, 6.45) is 0. The monoisotopic (exact) mass is 318 g/mol. The Morgan fingerprint density at radius 2 is 1.78 bits per heavy atom. The number of hydrogen-bond acceptors (Lipinski definition) is 2. The van der Waals surface area contributed by atoms with E-state index >= 15 is 0 Å². The maximum atomic E-state index is 14.3. The van der Waals surface area contributed by atoms with Gasteiger partial charge in [-0.25, -0.2) is 8.78 Å². The lowest BCUT2D eigenvalue weighted by atomic mass is 9.98. The maximum absolute atomic E-state index is 14.3. The van der Waals surface area contributed by atoms with Crippen LogP contribution in [0.4, 0.5) is 8.78 Å². The number of carbonyl (C=O) groups is 1. The number of amides is 1. The van der Waals surface area contributed by atoms with Crippen molar-refractivity contribution in [2.24, 2.45) is 0 Å². The van der Waals surface area contributed by atoms with E-state index in [9.17, 15) is 13.6 Å². The molecule has 2 aromatic rings. The molecule has 0 unspecified atom stereocenters. The number of hydrogen-bond donors (Lipinski definition) is 2. The highest BCUT2D eigenvalue weighted by Crippen LogP contribution is 2.27. The highest BCUT2D eigenvalue weighted by atomic mass is 19.1. The van der Waals surface area contributed by atoms with E-state index in [1.165, 1.54) is 18.2 Å². The van der Waals surface area contributed by atoms with Crippen molar-refractivity contribution in [2.75, 3.05) is 19.6 Å². The first kappa shape index (κ1) is 17.1. The van der Waals surface area contributed by atoms with Crippen molar-refractivity contribution in [3.63, 3.8) is 0 Å². The van der Waals surface area contributed by atoms with Crippen LogP contribution in [0.5, 0.6) is 0 Å². The minimum atomic E-state index is -0.501. The second-order valence-corrected chi connectivity index (χ2v) is 5.26. The molecule has 0 aliphatic rings. The molecule has 0 atom stereocenters. The van der Waals surface area contributed by atoms with Gasteiger partial charge in [0.05, 0.1) is 0 Å². The van der Waals surface area contributed by atoms with Crippen LogP contribution in [0.1, 0.15) is 22.8 Å². The Kier molecular flexibility index (Phi) is 5.82. The predicted molar refractivity (Wildman–Crippen MR) is 87.4 cm³/mol. The molecule has 0 saturated carbocycles. The zero-order valence-corrected chi connectivity index (χ0v) is 13.2. The van der Waals surface area contributed by atoms with E-state index in [0.717, 1.165) is 6.54 Å². The summed E-state index contributed by atoms with van der Waals surface area (Å²) in [4.78, 5) is 12.0. The fraction of sp³-hybridized carbons (Fsp3) is 0.278. The first-order chi connectivity index (χ1) is 11.0.